The molecule has 2 aromatic rings. The summed E-state index contributed by atoms with van der Waals surface area (Å²) in [6, 6.07) is 11.4. The van der Waals surface area contributed by atoms with Crippen LogP contribution in [0, 0.1) is 11.8 Å². The van der Waals surface area contributed by atoms with Crippen LogP contribution in [0.2, 0.25) is 10.0 Å². The topological polar surface area (TPSA) is 40.6 Å². The SMILES string of the molecule is CC1C(=O)N(c2ccccc2[C@@H]2CN(C)Cc3c(Cl)cc(Cl)cc32)C(=O)C1C. The van der Waals surface area contributed by atoms with Crippen molar-refractivity contribution in [2.45, 2.75) is 26.3 Å². The first-order chi connectivity index (χ1) is 13.3. The molecule has 2 aromatic carbocycles. The first-order valence-corrected chi connectivity index (χ1v) is 10.2. The van der Waals surface area contributed by atoms with Crippen molar-refractivity contribution < 1.29 is 9.59 Å². The Morgan fingerprint density at radius 1 is 0.964 bits per heavy atom. The molecule has 1 fully saturated rings. The molecule has 0 aliphatic carbocycles. The highest BCUT2D eigenvalue weighted by Crippen LogP contribution is 2.42. The van der Waals surface area contributed by atoms with Crippen LogP contribution in [0.4, 0.5) is 5.69 Å². The molecule has 0 saturated carbocycles. The molecule has 2 aliphatic rings. The number of imide groups is 1. The zero-order valence-electron chi connectivity index (χ0n) is 16.1. The van der Waals surface area contributed by atoms with Crippen molar-refractivity contribution in [1.82, 2.24) is 4.90 Å². The van der Waals surface area contributed by atoms with Gasteiger partial charge in [0.25, 0.3) is 0 Å². The van der Waals surface area contributed by atoms with E-state index >= 15 is 0 Å². The van der Waals surface area contributed by atoms with E-state index in [1.807, 2.05) is 51.2 Å². The molecule has 2 heterocycles. The molecule has 4 rings (SSSR count). The van der Waals surface area contributed by atoms with Crippen LogP contribution in [0.25, 0.3) is 0 Å². The minimum atomic E-state index is -0.314. The van der Waals surface area contributed by atoms with E-state index in [1.54, 1.807) is 6.07 Å². The second-order valence-corrected chi connectivity index (χ2v) is 8.70. The molecule has 2 aliphatic heterocycles. The van der Waals surface area contributed by atoms with Gasteiger partial charge in [-0.1, -0.05) is 55.2 Å². The molecule has 2 unspecified atom stereocenters. The third-order valence-corrected chi connectivity index (χ3v) is 6.57. The highest BCUT2D eigenvalue weighted by atomic mass is 35.5. The molecule has 28 heavy (non-hydrogen) atoms. The molecule has 0 spiro atoms. The van der Waals surface area contributed by atoms with Crippen LogP contribution in [0.15, 0.2) is 36.4 Å². The predicted molar refractivity (Wildman–Crippen MR) is 112 cm³/mol. The van der Waals surface area contributed by atoms with Crippen LogP contribution >= 0.6 is 23.2 Å². The van der Waals surface area contributed by atoms with Gasteiger partial charge in [-0.05, 0) is 41.9 Å². The Balaban J connectivity index is 1.87. The summed E-state index contributed by atoms with van der Waals surface area (Å²) in [6.45, 7) is 5.12. The summed E-state index contributed by atoms with van der Waals surface area (Å²) in [5.41, 5.74) is 3.70. The molecule has 3 atom stereocenters. The van der Waals surface area contributed by atoms with Crippen molar-refractivity contribution in [2.75, 3.05) is 18.5 Å². The second kappa shape index (κ2) is 7.18. The smallest absolute Gasteiger partial charge is 0.237 e. The quantitative estimate of drug-likeness (QED) is 0.665. The lowest BCUT2D eigenvalue weighted by molar-refractivity contribution is -0.122. The average molecular weight is 417 g/mol. The third kappa shape index (κ3) is 3.04. The van der Waals surface area contributed by atoms with Gasteiger partial charge >= 0.3 is 0 Å². The Morgan fingerprint density at radius 2 is 1.61 bits per heavy atom. The summed E-state index contributed by atoms with van der Waals surface area (Å²) in [6.07, 6.45) is 0. The fourth-order valence-electron chi connectivity index (χ4n) is 4.28. The number of carbonyl (C=O) groups is 2. The lowest BCUT2D eigenvalue weighted by atomic mass is 9.83. The second-order valence-electron chi connectivity index (χ2n) is 7.85. The zero-order chi connectivity index (χ0) is 20.2. The molecular weight excluding hydrogens is 395 g/mol. The van der Waals surface area contributed by atoms with Gasteiger partial charge in [0.05, 0.1) is 5.69 Å². The number of rotatable bonds is 2. The number of likely N-dealkylation sites (N-methyl/N-ethyl adjacent to an activating group) is 1. The summed E-state index contributed by atoms with van der Waals surface area (Å²) in [7, 11) is 2.04. The number of nitrogens with zero attached hydrogens (tertiary/aromatic N) is 2. The normalized spacial score (nSPS) is 25.3. The molecule has 4 nitrogen and oxygen atoms in total. The van der Waals surface area contributed by atoms with E-state index in [2.05, 4.69) is 4.90 Å². The van der Waals surface area contributed by atoms with Crippen LogP contribution in [0.1, 0.15) is 36.5 Å². The molecule has 0 aromatic heterocycles. The maximum Gasteiger partial charge on any atom is 0.237 e. The maximum absolute atomic E-state index is 12.8. The minimum absolute atomic E-state index is 0.0343. The summed E-state index contributed by atoms with van der Waals surface area (Å²) in [5, 5.41) is 1.23. The Kier molecular flexibility index (Phi) is 4.98. The van der Waals surface area contributed by atoms with Crippen molar-refractivity contribution in [2.24, 2.45) is 11.8 Å². The van der Waals surface area contributed by atoms with E-state index in [1.165, 1.54) is 4.90 Å². The van der Waals surface area contributed by atoms with E-state index in [9.17, 15) is 9.59 Å². The monoisotopic (exact) mass is 416 g/mol. The summed E-state index contributed by atoms with van der Waals surface area (Å²) >= 11 is 12.8. The number of para-hydroxylation sites is 1. The van der Waals surface area contributed by atoms with Crippen molar-refractivity contribution in [1.29, 1.82) is 0 Å². The van der Waals surface area contributed by atoms with Gasteiger partial charge in [0, 0.05) is 40.9 Å². The number of benzene rings is 2. The van der Waals surface area contributed by atoms with Crippen molar-refractivity contribution >= 4 is 40.7 Å². The molecule has 0 N–H and O–H groups in total. The summed E-state index contributed by atoms with van der Waals surface area (Å²) in [4.78, 5) is 29.2. The van der Waals surface area contributed by atoms with E-state index in [4.69, 9.17) is 23.2 Å². The van der Waals surface area contributed by atoms with E-state index in [0.29, 0.717) is 15.7 Å². The first-order valence-electron chi connectivity index (χ1n) is 9.42. The highest BCUT2D eigenvalue weighted by molar-refractivity contribution is 6.35. The van der Waals surface area contributed by atoms with Crippen molar-refractivity contribution in [3.63, 3.8) is 0 Å². The van der Waals surface area contributed by atoms with Crippen molar-refractivity contribution in [3.8, 4) is 0 Å². The lowest BCUT2D eigenvalue weighted by Crippen LogP contribution is -2.35. The van der Waals surface area contributed by atoms with E-state index < -0.39 is 0 Å². The fourth-order valence-corrected chi connectivity index (χ4v) is 4.85. The number of anilines is 1. The highest BCUT2D eigenvalue weighted by Gasteiger charge is 2.44. The molecule has 146 valence electrons. The zero-order valence-corrected chi connectivity index (χ0v) is 17.6. The van der Waals surface area contributed by atoms with E-state index in [-0.39, 0.29) is 29.6 Å². The first kappa shape index (κ1) is 19.4. The average Bonchev–Trinajstić information content (AvgIpc) is 2.85. The Bertz CT molecular complexity index is 955. The number of fused-ring (bicyclic) bond motifs is 1. The van der Waals surface area contributed by atoms with Crippen molar-refractivity contribution in [3.05, 3.63) is 63.1 Å². The molecule has 6 heteroatoms. The minimum Gasteiger partial charge on any atom is -0.301 e. The molecule has 2 amide bonds. The number of amides is 2. The summed E-state index contributed by atoms with van der Waals surface area (Å²) in [5.74, 6) is -0.943. The van der Waals surface area contributed by atoms with Crippen LogP contribution < -0.4 is 4.90 Å². The summed E-state index contributed by atoms with van der Waals surface area (Å²) < 4.78 is 0. The van der Waals surface area contributed by atoms with Gasteiger partial charge in [-0.25, -0.2) is 4.90 Å². The fraction of sp³-hybridized carbons (Fsp3) is 0.364. The van der Waals surface area contributed by atoms with Crippen LogP contribution in [0.3, 0.4) is 0 Å². The number of hydrogen-bond donors (Lipinski definition) is 0. The lowest BCUT2D eigenvalue weighted by Gasteiger charge is -2.35. The third-order valence-electron chi connectivity index (χ3n) is 6.02. The molecular formula is C22H22Cl2N2O2. The van der Waals surface area contributed by atoms with Gasteiger partial charge in [-0.15, -0.1) is 0 Å². The van der Waals surface area contributed by atoms with Gasteiger partial charge in [0.15, 0.2) is 0 Å². The number of halogens is 2. The van der Waals surface area contributed by atoms with E-state index in [0.717, 1.165) is 29.8 Å². The molecule has 0 bridgehead atoms. The van der Waals surface area contributed by atoms with Gasteiger partial charge < -0.3 is 4.90 Å². The van der Waals surface area contributed by atoms with Gasteiger partial charge in [0.2, 0.25) is 11.8 Å². The van der Waals surface area contributed by atoms with Crippen LogP contribution in [-0.4, -0.2) is 30.3 Å². The number of hydrogen-bond acceptors (Lipinski definition) is 3. The largest absolute Gasteiger partial charge is 0.301 e. The molecule has 0 radical (unpaired) electrons. The standard InChI is InChI=1S/C22H22Cl2N2O2/c1-12-13(2)22(28)26(21(12)27)20-7-5-4-6-15(20)17-10-25(3)11-18-16(17)8-14(23)9-19(18)24/h4-9,12-13,17H,10-11H2,1-3H3/t12?,13?,17-/m0/s1. The Hall–Kier alpha value is -1.88. The maximum atomic E-state index is 12.8. The Labute approximate surface area is 175 Å². The van der Waals surface area contributed by atoms with Gasteiger partial charge in [-0.2, -0.15) is 0 Å². The Morgan fingerprint density at radius 3 is 2.29 bits per heavy atom. The van der Waals surface area contributed by atoms with Crippen LogP contribution in [0.5, 0.6) is 0 Å². The predicted octanol–water partition coefficient (Wildman–Crippen LogP) is 4.72. The van der Waals surface area contributed by atoms with Gasteiger partial charge in [0.1, 0.15) is 0 Å². The van der Waals surface area contributed by atoms with Crippen LogP contribution in [-0.2, 0) is 16.1 Å². The van der Waals surface area contributed by atoms with Gasteiger partial charge in [-0.3, -0.25) is 9.59 Å². The number of carbonyl (C=O) groups excluding carboxylic acids is 2. The molecule has 1 saturated heterocycles.